The van der Waals surface area contributed by atoms with Crippen LogP contribution in [-0.4, -0.2) is 50.4 Å². The monoisotopic (exact) mass is 782 g/mol. The van der Waals surface area contributed by atoms with Gasteiger partial charge in [0.25, 0.3) is 0 Å². The summed E-state index contributed by atoms with van der Waals surface area (Å²) in [5.41, 5.74) is 0. The van der Waals surface area contributed by atoms with Crippen molar-refractivity contribution in [2.24, 2.45) is 0 Å². The Kier molecular flexibility index (Phi) is 8.88. The molecule has 0 aromatic rings. The van der Waals surface area contributed by atoms with Crippen LogP contribution in [0.4, 0.5) is 0 Å². The molecule has 0 aromatic heterocycles. The van der Waals surface area contributed by atoms with Crippen LogP contribution >= 0.6 is 12.3 Å². The molecule has 30 heavy (non-hydrogen) atoms. The molecular formula is C24H54OS2Sn3. The fourth-order valence-corrected chi connectivity index (χ4v) is 419. The minimum atomic E-state index is -3.26. The third-order valence-electron chi connectivity index (χ3n) is 6.79. The van der Waals surface area contributed by atoms with Gasteiger partial charge in [-0.05, 0) is 0 Å². The van der Waals surface area contributed by atoms with Crippen LogP contribution in [0.5, 0.6) is 0 Å². The first-order valence-electron chi connectivity index (χ1n) is 11.7. The van der Waals surface area contributed by atoms with E-state index < -0.39 is 50.4 Å². The van der Waals surface area contributed by atoms with Gasteiger partial charge in [0.05, 0.1) is 0 Å². The summed E-state index contributed by atoms with van der Waals surface area (Å²) in [6.45, 7) is 46.1. The molecule has 1 saturated heterocycles. The Labute approximate surface area is 206 Å². The van der Waals surface area contributed by atoms with Crippen molar-refractivity contribution in [3.63, 3.8) is 0 Å². The van der Waals surface area contributed by atoms with Crippen molar-refractivity contribution >= 4 is 62.7 Å². The van der Waals surface area contributed by atoms with Gasteiger partial charge in [-0.15, -0.1) is 0 Å². The van der Waals surface area contributed by atoms with Crippen molar-refractivity contribution in [3.05, 3.63) is 0 Å². The molecule has 0 bridgehead atoms. The molecule has 1 aliphatic rings. The van der Waals surface area contributed by atoms with Crippen LogP contribution in [0.25, 0.3) is 0 Å². The Hall–Kier alpha value is 3.06. The standard InChI is InChI=1S/6C4H9.O.2S.3Sn/c6*1-4(2)3;;;;;;/h6*1-3H3;;;;;;. The molecule has 0 saturated carbocycles. The van der Waals surface area contributed by atoms with E-state index in [2.05, 4.69) is 137 Å². The summed E-state index contributed by atoms with van der Waals surface area (Å²) < 4.78 is 10.0. The summed E-state index contributed by atoms with van der Waals surface area (Å²) in [6, 6.07) is 0. The van der Waals surface area contributed by atoms with Gasteiger partial charge in [0, 0.05) is 0 Å². The Morgan fingerprint density at radius 1 is 0.367 bits per heavy atom. The summed E-state index contributed by atoms with van der Waals surface area (Å²) in [5.74, 6) is 0. The summed E-state index contributed by atoms with van der Waals surface area (Å²) in [6.07, 6.45) is 5.20. The van der Waals surface area contributed by atoms with Crippen molar-refractivity contribution in [2.75, 3.05) is 0 Å². The zero-order valence-electron chi connectivity index (χ0n) is 23.7. The van der Waals surface area contributed by atoms with Crippen LogP contribution < -0.4 is 0 Å². The molecule has 1 heterocycles. The topological polar surface area (TPSA) is 9.23 Å². The van der Waals surface area contributed by atoms with Gasteiger partial charge in [0.2, 0.25) is 0 Å². The van der Waals surface area contributed by atoms with E-state index in [1.807, 2.05) is 0 Å². The van der Waals surface area contributed by atoms with E-state index >= 15 is 0 Å². The van der Waals surface area contributed by atoms with Crippen LogP contribution in [0.15, 0.2) is 0 Å². The van der Waals surface area contributed by atoms with Crippen LogP contribution in [0.1, 0.15) is 125 Å². The van der Waals surface area contributed by atoms with Gasteiger partial charge in [-0.3, -0.25) is 0 Å². The average molecular weight is 779 g/mol. The second-order valence-corrected chi connectivity index (χ2v) is 101. The summed E-state index contributed by atoms with van der Waals surface area (Å²) in [7, 11) is 0. The van der Waals surface area contributed by atoms with E-state index in [1.54, 1.807) is 0 Å². The molecule has 180 valence electrons. The molecule has 0 N–H and O–H groups in total. The van der Waals surface area contributed by atoms with Crippen molar-refractivity contribution < 1.29 is 1.41 Å². The van der Waals surface area contributed by atoms with E-state index in [9.17, 15) is 0 Å². The zero-order valence-corrected chi connectivity index (χ0v) is 33.9. The second kappa shape index (κ2) is 8.57. The SMILES string of the molecule is C[C](C)(C)[Sn]1([C](C)(C)C)[O][Sn]([C](C)(C)C)([C](C)(C)C)[S][Sn]([C](C)(C)C)([C](C)(C)C)[S]1. The Morgan fingerprint density at radius 2 is 0.567 bits per heavy atom. The molecule has 0 unspecified atom stereocenters. The normalized spacial score (nSPS) is 23.4. The third-order valence-corrected chi connectivity index (χ3v) is 193. The molecule has 1 rings (SSSR count). The maximum atomic E-state index is 8.16. The quantitative estimate of drug-likeness (QED) is 0.227. The van der Waals surface area contributed by atoms with E-state index in [1.165, 1.54) is 0 Å². The molecule has 0 aliphatic carbocycles. The summed E-state index contributed by atoms with van der Waals surface area (Å²) >= 11 is -9.47. The Morgan fingerprint density at radius 3 is 0.700 bits per heavy atom. The zero-order chi connectivity index (χ0) is 24.6. The van der Waals surface area contributed by atoms with Gasteiger partial charge in [-0.25, -0.2) is 0 Å². The molecule has 1 fully saturated rings. The first kappa shape index (κ1) is 31.1. The number of rotatable bonds is 0. The molecule has 1 nitrogen and oxygen atoms in total. The molecule has 0 atom stereocenters. The fourth-order valence-electron chi connectivity index (χ4n) is 5.88. The van der Waals surface area contributed by atoms with Crippen LogP contribution in [-0.2, 0) is 1.41 Å². The fraction of sp³-hybridized carbons (Fsp3) is 1.00. The molecule has 1 aliphatic heterocycles. The summed E-state index contributed by atoms with van der Waals surface area (Å²) in [4.78, 5) is 0. The van der Waals surface area contributed by atoms with Crippen LogP contribution in [0, 0.1) is 0 Å². The van der Waals surface area contributed by atoms with Gasteiger partial charge >= 0.3 is 209 Å². The third kappa shape index (κ3) is 4.98. The van der Waals surface area contributed by atoms with Crippen LogP contribution in [0.2, 0.25) is 20.6 Å². The molecule has 0 amide bonds. The van der Waals surface area contributed by atoms with Gasteiger partial charge in [-0.1, -0.05) is 0 Å². The molecule has 0 aromatic carbocycles. The number of hydrogen-bond donors (Lipinski definition) is 0. The minimum absolute atomic E-state index is 0.274. The first-order valence-corrected chi connectivity index (χ1v) is 38.2. The Balaban J connectivity index is 4.28. The molecule has 0 spiro atoms. The maximum absolute atomic E-state index is 8.16. The van der Waals surface area contributed by atoms with E-state index in [-0.39, 0.29) is 13.7 Å². The summed E-state index contributed by atoms with van der Waals surface area (Å²) in [5, 5.41) is 0. The average Bonchev–Trinajstić information content (AvgIpc) is 2.39. The molecule has 6 heteroatoms. The van der Waals surface area contributed by atoms with E-state index in [0.717, 1.165) is 0 Å². The Bertz CT molecular complexity index is 488. The first-order chi connectivity index (χ1) is 12.6. The van der Waals surface area contributed by atoms with E-state index in [0.29, 0.717) is 6.86 Å². The predicted octanol–water partition coefficient (Wildman–Crippen LogP) is 10.6. The molecular weight excluding hydrogens is 725 g/mol. The number of hydrogen-bond acceptors (Lipinski definition) is 3. The van der Waals surface area contributed by atoms with Crippen molar-refractivity contribution in [1.29, 1.82) is 0 Å². The predicted molar refractivity (Wildman–Crippen MR) is 152 cm³/mol. The van der Waals surface area contributed by atoms with Gasteiger partial charge in [0.15, 0.2) is 0 Å². The van der Waals surface area contributed by atoms with Crippen molar-refractivity contribution in [2.45, 2.75) is 145 Å². The van der Waals surface area contributed by atoms with Gasteiger partial charge < -0.3 is 0 Å². The second-order valence-electron chi connectivity index (χ2n) is 15.7. The van der Waals surface area contributed by atoms with Crippen molar-refractivity contribution in [1.82, 2.24) is 0 Å². The van der Waals surface area contributed by atoms with Gasteiger partial charge in [0.1, 0.15) is 0 Å². The van der Waals surface area contributed by atoms with Crippen LogP contribution in [0.3, 0.4) is 0 Å². The van der Waals surface area contributed by atoms with Crippen molar-refractivity contribution in [3.8, 4) is 0 Å². The van der Waals surface area contributed by atoms with E-state index in [4.69, 9.17) is 1.41 Å². The van der Waals surface area contributed by atoms with Gasteiger partial charge in [-0.2, -0.15) is 0 Å². The molecule has 0 radical (unpaired) electrons.